The zero-order valence-corrected chi connectivity index (χ0v) is 24.7. The van der Waals surface area contributed by atoms with Crippen LogP contribution >= 0.6 is 11.3 Å². The van der Waals surface area contributed by atoms with Crippen LogP contribution in [0.3, 0.4) is 0 Å². The topological polar surface area (TPSA) is 129 Å². The Hall–Kier alpha value is -3.74. The highest BCUT2D eigenvalue weighted by Crippen LogP contribution is 2.37. The highest BCUT2D eigenvalue weighted by Gasteiger charge is 2.40. The first-order valence-electron chi connectivity index (χ1n) is 14.2. The first-order chi connectivity index (χ1) is 20.2. The van der Waals surface area contributed by atoms with Crippen molar-refractivity contribution in [3.05, 3.63) is 68.7 Å². The lowest BCUT2D eigenvalue weighted by molar-refractivity contribution is -0.143. The molecule has 0 radical (unpaired) electrons. The highest BCUT2D eigenvalue weighted by molar-refractivity contribution is 7.22. The summed E-state index contributed by atoms with van der Waals surface area (Å²) in [6.07, 6.45) is 4.36. The molecule has 1 N–H and O–H groups in total. The number of aromatic nitrogens is 3. The Morgan fingerprint density at radius 3 is 2.60 bits per heavy atom. The van der Waals surface area contributed by atoms with Gasteiger partial charge in [0.15, 0.2) is 0 Å². The van der Waals surface area contributed by atoms with Gasteiger partial charge in [-0.25, -0.2) is 14.3 Å². The van der Waals surface area contributed by atoms with Crippen LogP contribution in [-0.2, 0) is 26.4 Å². The number of hydrogen-bond donors (Lipinski definition) is 1. The molecule has 6 rings (SSSR count). The SMILES string of the molecule is Cc1c(-c2ncco2)sc2c1c(=O)n(C(C)(C)C(=O)N1CCC1)c(=O)n2C[C@H](OC1CCOCC1)c1ccccc1O. The van der Waals surface area contributed by atoms with Crippen LogP contribution < -0.4 is 11.2 Å². The lowest BCUT2D eigenvalue weighted by atomic mass is 10.00. The Morgan fingerprint density at radius 2 is 1.95 bits per heavy atom. The summed E-state index contributed by atoms with van der Waals surface area (Å²) in [4.78, 5) is 49.1. The molecule has 5 heterocycles. The second-order valence-corrected chi connectivity index (χ2v) is 12.3. The first-order valence-corrected chi connectivity index (χ1v) is 15.0. The summed E-state index contributed by atoms with van der Waals surface area (Å²) in [5.41, 5.74) is -1.46. The molecule has 0 unspecified atom stereocenters. The van der Waals surface area contributed by atoms with Crippen LogP contribution in [0.5, 0.6) is 5.75 Å². The minimum Gasteiger partial charge on any atom is -0.508 e. The van der Waals surface area contributed by atoms with Crippen LogP contribution in [0.2, 0.25) is 0 Å². The fraction of sp³-hybridized carbons (Fsp3) is 0.467. The summed E-state index contributed by atoms with van der Waals surface area (Å²) in [5, 5.41) is 11.1. The van der Waals surface area contributed by atoms with E-state index in [0.717, 1.165) is 11.0 Å². The highest BCUT2D eigenvalue weighted by atomic mass is 32.1. The minimum absolute atomic E-state index is 0.00348. The number of thiophene rings is 1. The van der Waals surface area contributed by atoms with Crippen molar-refractivity contribution in [3.63, 3.8) is 0 Å². The number of hydrogen-bond acceptors (Lipinski definition) is 9. The van der Waals surface area contributed by atoms with Gasteiger partial charge in [-0.15, -0.1) is 11.3 Å². The fourth-order valence-corrected chi connectivity index (χ4v) is 6.97. The van der Waals surface area contributed by atoms with Crippen LogP contribution in [0.4, 0.5) is 0 Å². The average molecular weight is 595 g/mol. The number of aromatic hydroxyl groups is 1. The molecule has 222 valence electrons. The first kappa shape index (κ1) is 28.4. The van der Waals surface area contributed by atoms with Gasteiger partial charge >= 0.3 is 5.69 Å². The molecule has 12 heteroatoms. The van der Waals surface area contributed by atoms with Gasteiger partial charge in [0.1, 0.15) is 28.5 Å². The van der Waals surface area contributed by atoms with Crippen molar-refractivity contribution >= 4 is 27.5 Å². The third-order valence-electron chi connectivity index (χ3n) is 8.22. The van der Waals surface area contributed by atoms with Gasteiger partial charge in [-0.05, 0) is 51.7 Å². The number of para-hydroxylation sites is 1. The minimum atomic E-state index is -1.44. The molecule has 0 aliphatic carbocycles. The molecule has 2 aliphatic heterocycles. The number of nitrogens with zero attached hydrogens (tertiary/aromatic N) is 4. The summed E-state index contributed by atoms with van der Waals surface area (Å²) in [5.74, 6) is 0.101. The summed E-state index contributed by atoms with van der Waals surface area (Å²) >= 11 is 1.23. The molecule has 1 atom stereocenters. The number of amides is 1. The van der Waals surface area contributed by atoms with Gasteiger partial charge in [-0.1, -0.05) is 18.2 Å². The largest absolute Gasteiger partial charge is 0.508 e. The molecule has 3 aromatic heterocycles. The smallest absolute Gasteiger partial charge is 0.333 e. The number of phenolic OH excluding ortho intramolecular Hbond substituents is 1. The summed E-state index contributed by atoms with van der Waals surface area (Å²) in [7, 11) is 0. The molecule has 1 amide bonds. The molecule has 0 spiro atoms. The van der Waals surface area contributed by atoms with E-state index in [2.05, 4.69) is 4.98 Å². The predicted molar refractivity (Wildman–Crippen MR) is 157 cm³/mol. The predicted octanol–water partition coefficient (Wildman–Crippen LogP) is 3.80. The van der Waals surface area contributed by atoms with E-state index in [0.29, 0.717) is 71.3 Å². The standard InChI is InChI=1S/C30H34N4O7S/c1-18-23-26(36)34(30(2,3)28(37)32-12-6-13-32)29(38)33(27(23)42-24(18)25-31-11-16-40-25)17-22(20-7-4-5-8-21(20)35)41-19-9-14-39-15-10-19/h4-5,7-8,11,16,19,22,35H,6,9-10,12-15,17H2,1-3H3/t22-/m0/s1. The van der Waals surface area contributed by atoms with E-state index >= 15 is 0 Å². The van der Waals surface area contributed by atoms with E-state index in [9.17, 15) is 19.5 Å². The number of carbonyl (C=O) groups excluding carboxylic acids is 1. The molecule has 2 saturated heterocycles. The van der Waals surface area contributed by atoms with Gasteiger partial charge in [0, 0.05) is 31.9 Å². The zero-order valence-electron chi connectivity index (χ0n) is 23.9. The van der Waals surface area contributed by atoms with Gasteiger partial charge in [0.25, 0.3) is 5.56 Å². The van der Waals surface area contributed by atoms with Crippen molar-refractivity contribution in [2.24, 2.45) is 0 Å². The normalized spacial score (nSPS) is 17.0. The number of aryl methyl sites for hydroxylation is 1. The van der Waals surface area contributed by atoms with Crippen molar-refractivity contribution in [3.8, 4) is 16.5 Å². The van der Waals surface area contributed by atoms with E-state index in [4.69, 9.17) is 13.9 Å². The van der Waals surface area contributed by atoms with Crippen LogP contribution in [0.15, 0.2) is 50.7 Å². The van der Waals surface area contributed by atoms with E-state index in [1.807, 2.05) is 0 Å². The molecular formula is C30H34N4O7S. The van der Waals surface area contributed by atoms with E-state index in [1.54, 1.807) is 49.9 Å². The number of phenols is 1. The van der Waals surface area contributed by atoms with Crippen LogP contribution in [0.25, 0.3) is 21.0 Å². The second-order valence-electron chi connectivity index (χ2n) is 11.3. The monoisotopic (exact) mass is 594 g/mol. The maximum Gasteiger partial charge on any atom is 0.333 e. The van der Waals surface area contributed by atoms with Crippen molar-refractivity contribution in [1.29, 1.82) is 0 Å². The Kier molecular flexibility index (Phi) is 7.54. The fourth-order valence-electron chi connectivity index (χ4n) is 5.73. The molecule has 11 nitrogen and oxygen atoms in total. The van der Waals surface area contributed by atoms with Gasteiger partial charge < -0.3 is 23.9 Å². The van der Waals surface area contributed by atoms with Crippen LogP contribution in [0, 0.1) is 6.92 Å². The maximum absolute atomic E-state index is 14.4. The molecular weight excluding hydrogens is 560 g/mol. The van der Waals surface area contributed by atoms with Crippen molar-refractivity contribution in [2.45, 2.75) is 64.3 Å². The third kappa shape index (κ3) is 4.87. The number of benzene rings is 1. The lowest BCUT2D eigenvalue weighted by Crippen LogP contribution is -2.59. The van der Waals surface area contributed by atoms with E-state index in [-0.39, 0.29) is 24.3 Å². The Bertz CT molecular complexity index is 1730. The Morgan fingerprint density at radius 1 is 1.21 bits per heavy atom. The molecule has 1 aromatic carbocycles. The van der Waals surface area contributed by atoms with Crippen molar-refractivity contribution in [2.75, 3.05) is 26.3 Å². The molecule has 4 aromatic rings. The van der Waals surface area contributed by atoms with Crippen molar-refractivity contribution in [1.82, 2.24) is 19.0 Å². The van der Waals surface area contributed by atoms with Gasteiger partial charge in [-0.3, -0.25) is 14.2 Å². The van der Waals surface area contributed by atoms with E-state index in [1.165, 1.54) is 28.4 Å². The zero-order chi connectivity index (χ0) is 29.6. The van der Waals surface area contributed by atoms with Crippen molar-refractivity contribution < 1.29 is 23.8 Å². The Balaban J connectivity index is 1.56. The number of rotatable bonds is 8. The molecule has 2 fully saturated rings. The number of oxazole rings is 1. The number of carbonyl (C=O) groups is 1. The molecule has 0 bridgehead atoms. The van der Waals surface area contributed by atoms with Crippen LogP contribution in [-0.4, -0.2) is 62.4 Å². The summed E-state index contributed by atoms with van der Waals surface area (Å²) in [6.45, 7) is 7.32. The van der Waals surface area contributed by atoms with Gasteiger partial charge in [-0.2, -0.15) is 0 Å². The molecule has 42 heavy (non-hydrogen) atoms. The number of likely N-dealkylation sites (tertiary alicyclic amines) is 1. The molecule has 0 saturated carbocycles. The average Bonchev–Trinajstić information content (AvgIpc) is 3.58. The molecule has 2 aliphatic rings. The summed E-state index contributed by atoms with van der Waals surface area (Å²) in [6, 6.07) is 6.89. The van der Waals surface area contributed by atoms with E-state index < -0.39 is 22.9 Å². The lowest BCUT2D eigenvalue weighted by Gasteiger charge is -2.38. The van der Waals surface area contributed by atoms with Gasteiger partial charge in [0.05, 0.1) is 29.1 Å². The summed E-state index contributed by atoms with van der Waals surface area (Å²) < 4.78 is 20.2. The van der Waals surface area contributed by atoms with Crippen LogP contribution in [0.1, 0.15) is 50.3 Å². The second kappa shape index (κ2) is 11.2. The Labute approximate surface area is 245 Å². The third-order valence-corrected chi connectivity index (χ3v) is 9.52. The number of fused-ring (bicyclic) bond motifs is 1. The quantitative estimate of drug-likeness (QED) is 0.326. The maximum atomic E-state index is 14.4. The number of ether oxygens (including phenoxy) is 2. The van der Waals surface area contributed by atoms with Gasteiger partial charge in [0.2, 0.25) is 11.8 Å².